The molecule has 140 valence electrons. The fraction of sp³-hybridized carbons (Fsp3) is 0.364. The Morgan fingerprint density at radius 1 is 1.19 bits per heavy atom. The number of fused-ring (bicyclic) bond motifs is 2. The van der Waals surface area contributed by atoms with Gasteiger partial charge in [0.1, 0.15) is 11.6 Å². The molecule has 27 heavy (non-hydrogen) atoms. The lowest BCUT2D eigenvalue weighted by Crippen LogP contribution is -2.28. The fourth-order valence-corrected chi connectivity index (χ4v) is 3.90. The number of hydrogen-bond donors (Lipinski definition) is 2. The number of aromatic nitrogens is 2. The summed E-state index contributed by atoms with van der Waals surface area (Å²) in [7, 11) is 1.79. The first-order valence-electron chi connectivity index (χ1n) is 9.66. The van der Waals surface area contributed by atoms with Gasteiger partial charge in [-0.1, -0.05) is 18.2 Å². The SMILES string of the molecule is CN(CCCc1nc2ccccc2[nH]1)C(=O)c1ccc2c(c1O)CCCC2. The number of H-pyrrole nitrogens is 1. The summed E-state index contributed by atoms with van der Waals surface area (Å²) in [5.74, 6) is 1.00. The maximum Gasteiger partial charge on any atom is 0.257 e. The van der Waals surface area contributed by atoms with Gasteiger partial charge in [-0.3, -0.25) is 4.79 Å². The van der Waals surface area contributed by atoms with Gasteiger partial charge in [-0.05, 0) is 61.4 Å². The van der Waals surface area contributed by atoms with Gasteiger partial charge in [0, 0.05) is 20.0 Å². The number of hydrogen-bond acceptors (Lipinski definition) is 3. The number of carbonyl (C=O) groups excluding carboxylic acids is 1. The maximum atomic E-state index is 12.8. The predicted molar refractivity (Wildman–Crippen MR) is 106 cm³/mol. The van der Waals surface area contributed by atoms with Crippen LogP contribution in [0.3, 0.4) is 0 Å². The van der Waals surface area contributed by atoms with Crippen LogP contribution in [-0.4, -0.2) is 39.5 Å². The number of nitrogens with one attached hydrogen (secondary N) is 1. The van der Waals surface area contributed by atoms with Crippen molar-refractivity contribution in [1.82, 2.24) is 14.9 Å². The molecule has 1 amide bonds. The van der Waals surface area contributed by atoms with Crippen LogP contribution in [0.4, 0.5) is 0 Å². The number of nitrogens with zero attached hydrogens (tertiary/aromatic N) is 2. The molecule has 0 radical (unpaired) electrons. The van der Waals surface area contributed by atoms with E-state index in [0.717, 1.165) is 60.9 Å². The van der Waals surface area contributed by atoms with Crippen molar-refractivity contribution >= 4 is 16.9 Å². The third-order valence-corrected chi connectivity index (χ3v) is 5.43. The molecule has 0 bridgehead atoms. The van der Waals surface area contributed by atoms with Crippen molar-refractivity contribution in [3.8, 4) is 5.75 Å². The van der Waals surface area contributed by atoms with Crippen LogP contribution in [0, 0.1) is 0 Å². The monoisotopic (exact) mass is 363 g/mol. The molecule has 5 nitrogen and oxygen atoms in total. The molecule has 5 heteroatoms. The third-order valence-electron chi connectivity index (χ3n) is 5.43. The number of benzene rings is 2. The van der Waals surface area contributed by atoms with Crippen molar-refractivity contribution in [2.24, 2.45) is 0 Å². The maximum absolute atomic E-state index is 12.8. The third kappa shape index (κ3) is 3.54. The lowest BCUT2D eigenvalue weighted by molar-refractivity contribution is 0.0790. The summed E-state index contributed by atoms with van der Waals surface area (Å²) < 4.78 is 0. The van der Waals surface area contributed by atoms with Gasteiger partial charge in [0.25, 0.3) is 5.91 Å². The minimum Gasteiger partial charge on any atom is -0.507 e. The quantitative estimate of drug-likeness (QED) is 0.723. The summed E-state index contributed by atoms with van der Waals surface area (Å²) >= 11 is 0. The van der Waals surface area contributed by atoms with Gasteiger partial charge in [-0.25, -0.2) is 4.98 Å². The van der Waals surface area contributed by atoms with Gasteiger partial charge in [-0.2, -0.15) is 0 Å². The molecule has 3 aromatic rings. The molecular formula is C22H25N3O2. The molecule has 2 aromatic carbocycles. The number of imidazole rings is 1. The van der Waals surface area contributed by atoms with Crippen LogP contribution < -0.4 is 0 Å². The number of phenolic OH excluding ortho intramolecular Hbond substituents is 1. The van der Waals surface area contributed by atoms with E-state index in [0.29, 0.717) is 12.1 Å². The van der Waals surface area contributed by atoms with Gasteiger partial charge in [0.2, 0.25) is 0 Å². The highest BCUT2D eigenvalue weighted by molar-refractivity contribution is 5.97. The highest BCUT2D eigenvalue weighted by Crippen LogP contribution is 2.32. The van der Waals surface area contributed by atoms with Crippen molar-refractivity contribution in [2.75, 3.05) is 13.6 Å². The van der Waals surface area contributed by atoms with Crippen LogP contribution in [0.15, 0.2) is 36.4 Å². The lowest BCUT2D eigenvalue weighted by atomic mass is 9.89. The second-order valence-electron chi connectivity index (χ2n) is 7.34. The molecule has 0 saturated heterocycles. The molecule has 0 aliphatic heterocycles. The number of carbonyl (C=O) groups is 1. The largest absolute Gasteiger partial charge is 0.507 e. The first kappa shape index (κ1) is 17.6. The molecule has 1 aromatic heterocycles. The standard InChI is InChI=1S/C22H25N3O2/c1-25(14-6-11-20-23-18-9-4-5-10-19(18)24-20)22(27)17-13-12-15-7-2-3-8-16(15)21(17)26/h4-5,9-10,12-13,26H,2-3,6-8,11,14H2,1H3,(H,23,24). The first-order valence-corrected chi connectivity index (χ1v) is 9.66. The average Bonchev–Trinajstić information content (AvgIpc) is 3.10. The number of rotatable bonds is 5. The normalized spacial score (nSPS) is 13.5. The van der Waals surface area contributed by atoms with E-state index in [1.165, 1.54) is 5.56 Å². The number of aromatic amines is 1. The molecule has 0 fully saturated rings. The van der Waals surface area contributed by atoms with E-state index >= 15 is 0 Å². The van der Waals surface area contributed by atoms with E-state index in [1.807, 2.05) is 30.3 Å². The van der Waals surface area contributed by atoms with Gasteiger partial charge in [0.15, 0.2) is 0 Å². The fourth-order valence-electron chi connectivity index (χ4n) is 3.90. The van der Waals surface area contributed by atoms with E-state index in [9.17, 15) is 9.90 Å². The zero-order valence-electron chi connectivity index (χ0n) is 15.7. The topological polar surface area (TPSA) is 69.2 Å². The lowest BCUT2D eigenvalue weighted by Gasteiger charge is -2.21. The second-order valence-corrected chi connectivity index (χ2v) is 7.34. The molecule has 4 rings (SSSR count). The van der Waals surface area contributed by atoms with Crippen LogP contribution >= 0.6 is 0 Å². The van der Waals surface area contributed by atoms with E-state index < -0.39 is 0 Å². The minimum atomic E-state index is -0.120. The van der Waals surface area contributed by atoms with E-state index in [-0.39, 0.29) is 11.7 Å². The van der Waals surface area contributed by atoms with Gasteiger partial charge < -0.3 is 15.0 Å². The Morgan fingerprint density at radius 2 is 2.00 bits per heavy atom. The van der Waals surface area contributed by atoms with Crippen LogP contribution in [-0.2, 0) is 19.3 Å². The van der Waals surface area contributed by atoms with E-state index in [2.05, 4.69) is 9.97 Å². The number of aryl methyl sites for hydroxylation is 2. The van der Waals surface area contributed by atoms with Crippen molar-refractivity contribution in [2.45, 2.75) is 38.5 Å². The second kappa shape index (κ2) is 7.43. The van der Waals surface area contributed by atoms with Gasteiger partial charge in [-0.15, -0.1) is 0 Å². The van der Waals surface area contributed by atoms with Crippen LogP contribution in [0.5, 0.6) is 5.75 Å². The Labute approximate surface area is 159 Å². The number of para-hydroxylation sites is 2. The van der Waals surface area contributed by atoms with E-state index in [4.69, 9.17) is 0 Å². The zero-order chi connectivity index (χ0) is 18.8. The smallest absolute Gasteiger partial charge is 0.257 e. The number of amides is 1. The molecule has 1 aliphatic carbocycles. The van der Waals surface area contributed by atoms with Crippen molar-refractivity contribution in [1.29, 1.82) is 0 Å². The summed E-state index contributed by atoms with van der Waals surface area (Å²) in [5.41, 5.74) is 4.57. The minimum absolute atomic E-state index is 0.120. The summed E-state index contributed by atoms with van der Waals surface area (Å²) in [6.07, 6.45) is 5.67. The van der Waals surface area contributed by atoms with Crippen molar-refractivity contribution in [3.05, 3.63) is 58.9 Å². The molecule has 2 N–H and O–H groups in total. The molecule has 1 aliphatic rings. The van der Waals surface area contributed by atoms with Crippen molar-refractivity contribution < 1.29 is 9.90 Å². The Bertz CT molecular complexity index is 944. The molecule has 1 heterocycles. The van der Waals surface area contributed by atoms with Crippen LogP contribution in [0.1, 0.15) is 46.6 Å². The summed E-state index contributed by atoms with van der Waals surface area (Å²) in [6.45, 7) is 0.617. The Hall–Kier alpha value is -2.82. The molecule has 0 unspecified atom stereocenters. The van der Waals surface area contributed by atoms with Crippen molar-refractivity contribution in [3.63, 3.8) is 0 Å². The Morgan fingerprint density at radius 3 is 2.85 bits per heavy atom. The highest BCUT2D eigenvalue weighted by atomic mass is 16.3. The van der Waals surface area contributed by atoms with Crippen LogP contribution in [0.25, 0.3) is 11.0 Å². The number of aromatic hydroxyl groups is 1. The average molecular weight is 363 g/mol. The zero-order valence-corrected chi connectivity index (χ0v) is 15.7. The number of phenols is 1. The van der Waals surface area contributed by atoms with E-state index in [1.54, 1.807) is 18.0 Å². The van der Waals surface area contributed by atoms with Gasteiger partial charge in [0.05, 0.1) is 16.6 Å². The molecule has 0 spiro atoms. The van der Waals surface area contributed by atoms with Crippen LogP contribution in [0.2, 0.25) is 0 Å². The molecular weight excluding hydrogens is 338 g/mol. The Balaban J connectivity index is 1.39. The molecule has 0 saturated carbocycles. The summed E-state index contributed by atoms with van der Waals surface area (Å²) in [5, 5.41) is 10.6. The summed E-state index contributed by atoms with van der Waals surface area (Å²) in [4.78, 5) is 22.4. The molecule has 0 atom stereocenters. The summed E-state index contributed by atoms with van der Waals surface area (Å²) in [6, 6.07) is 11.7. The van der Waals surface area contributed by atoms with Gasteiger partial charge >= 0.3 is 0 Å². The predicted octanol–water partition coefficient (Wildman–Crippen LogP) is 3.85. The highest BCUT2D eigenvalue weighted by Gasteiger charge is 2.21. The Kier molecular flexibility index (Phi) is 4.84. The first-order chi connectivity index (χ1) is 13.1.